The summed E-state index contributed by atoms with van der Waals surface area (Å²) in [4.78, 5) is 19.5. The SMILES string of the molecule is CN1CCN([C@@H]2CCN(C(=O)c3ccc(Oc4ccccc4)o3)C2)CC1. The fourth-order valence-corrected chi connectivity index (χ4v) is 3.66. The van der Waals surface area contributed by atoms with Gasteiger partial charge in [0.15, 0.2) is 5.76 Å². The zero-order valence-electron chi connectivity index (χ0n) is 15.1. The Hall–Kier alpha value is -2.31. The zero-order valence-corrected chi connectivity index (χ0v) is 15.1. The van der Waals surface area contributed by atoms with Gasteiger partial charge in [0.05, 0.1) is 0 Å². The standard InChI is InChI=1S/C20H25N3O3/c1-21-11-13-22(14-12-21)16-9-10-23(15-16)20(24)18-7-8-19(26-18)25-17-5-3-2-4-6-17/h2-8,16H,9-15H2,1H3/t16-/m1/s1. The van der Waals surface area contributed by atoms with Crippen LogP contribution in [-0.2, 0) is 0 Å². The first-order valence-electron chi connectivity index (χ1n) is 9.23. The average molecular weight is 355 g/mol. The number of para-hydroxylation sites is 1. The average Bonchev–Trinajstić information content (AvgIpc) is 3.33. The Morgan fingerprint density at radius 2 is 1.81 bits per heavy atom. The van der Waals surface area contributed by atoms with Crippen LogP contribution in [0, 0.1) is 0 Å². The summed E-state index contributed by atoms with van der Waals surface area (Å²) in [5.41, 5.74) is 0. The summed E-state index contributed by atoms with van der Waals surface area (Å²) in [6.07, 6.45) is 1.03. The Labute approximate surface area is 153 Å². The molecule has 0 N–H and O–H groups in total. The summed E-state index contributed by atoms with van der Waals surface area (Å²) in [5, 5.41) is 0. The molecule has 2 fully saturated rings. The molecule has 3 heterocycles. The molecule has 0 saturated carbocycles. The molecule has 1 amide bonds. The third-order valence-electron chi connectivity index (χ3n) is 5.26. The molecule has 1 atom stereocenters. The third kappa shape index (κ3) is 3.76. The number of carbonyl (C=O) groups is 1. The van der Waals surface area contributed by atoms with Crippen LogP contribution < -0.4 is 4.74 Å². The van der Waals surface area contributed by atoms with Crippen molar-refractivity contribution in [2.24, 2.45) is 0 Å². The Kier molecular flexibility index (Phi) is 4.95. The number of benzene rings is 1. The molecular formula is C20H25N3O3. The normalized spacial score (nSPS) is 21.9. The number of likely N-dealkylation sites (N-methyl/N-ethyl adjacent to an activating group) is 1. The number of ether oxygens (including phenoxy) is 1. The van der Waals surface area contributed by atoms with E-state index in [1.54, 1.807) is 12.1 Å². The number of piperazine rings is 1. The van der Waals surface area contributed by atoms with Crippen LogP contribution in [0.1, 0.15) is 17.0 Å². The third-order valence-corrected chi connectivity index (χ3v) is 5.26. The van der Waals surface area contributed by atoms with Gasteiger partial charge in [0.25, 0.3) is 11.9 Å². The Bertz CT molecular complexity index is 738. The van der Waals surface area contributed by atoms with E-state index in [0.29, 0.717) is 23.5 Å². The Balaban J connectivity index is 1.35. The van der Waals surface area contributed by atoms with Gasteiger partial charge in [0.1, 0.15) is 5.75 Å². The van der Waals surface area contributed by atoms with Crippen LogP contribution in [-0.4, -0.2) is 73.0 Å². The van der Waals surface area contributed by atoms with E-state index in [-0.39, 0.29) is 5.91 Å². The predicted octanol–water partition coefficient (Wildman–Crippen LogP) is 2.53. The van der Waals surface area contributed by atoms with Gasteiger partial charge in [-0.1, -0.05) is 18.2 Å². The lowest BCUT2D eigenvalue weighted by atomic mass is 10.2. The van der Waals surface area contributed by atoms with Crippen molar-refractivity contribution in [2.45, 2.75) is 12.5 Å². The van der Waals surface area contributed by atoms with E-state index < -0.39 is 0 Å². The summed E-state index contributed by atoms with van der Waals surface area (Å²) in [5.74, 6) is 1.33. The van der Waals surface area contributed by atoms with E-state index in [9.17, 15) is 4.79 Å². The molecule has 26 heavy (non-hydrogen) atoms. The van der Waals surface area contributed by atoms with Crippen molar-refractivity contribution in [1.82, 2.24) is 14.7 Å². The Morgan fingerprint density at radius 3 is 2.58 bits per heavy atom. The largest absolute Gasteiger partial charge is 0.426 e. The topological polar surface area (TPSA) is 49.2 Å². The summed E-state index contributed by atoms with van der Waals surface area (Å²) in [7, 11) is 2.16. The number of nitrogens with zero attached hydrogens (tertiary/aromatic N) is 3. The highest BCUT2D eigenvalue weighted by Gasteiger charge is 2.33. The maximum absolute atomic E-state index is 12.7. The van der Waals surface area contributed by atoms with E-state index in [0.717, 1.165) is 45.7 Å². The molecule has 1 aromatic heterocycles. The molecule has 2 aliphatic heterocycles. The quantitative estimate of drug-likeness (QED) is 0.844. The summed E-state index contributed by atoms with van der Waals surface area (Å²) in [6.45, 7) is 5.92. The molecule has 6 nitrogen and oxygen atoms in total. The van der Waals surface area contributed by atoms with Crippen LogP contribution in [0.15, 0.2) is 46.9 Å². The molecule has 2 aliphatic rings. The summed E-state index contributed by atoms with van der Waals surface area (Å²) < 4.78 is 11.3. The number of likely N-dealkylation sites (tertiary alicyclic amines) is 1. The van der Waals surface area contributed by atoms with Gasteiger partial charge in [-0.3, -0.25) is 9.69 Å². The van der Waals surface area contributed by atoms with Crippen LogP contribution in [0.2, 0.25) is 0 Å². The van der Waals surface area contributed by atoms with Crippen molar-refractivity contribution in [3.05, 3.63) is 48.2 Å². The van der Waals surface area contributed by atoms with Crippen LogP contribution in [0.5, 0.6) is 11.7 Å². The number of amides is 1. The highest BCUT2D eigenvalue weighted by atomic mass is 16.6. The minimum atomic E-state index is -0.0514. The second kappa shape index (κ2) is 7.51. The summed E-state index contributed by atoms with van der Waals surface area (Å²) >= 11 is 0. The highest BCUT2D eigenvalue weighted by molar-refractivity contribution is 5.91. The smallest absolute Gasteiger partial charge is 0.290 e. The van der Waals surface area contributed by atoms with Gasteiger partial charge in [0, 0.05) is 51.4 Å². The molecule has 0 unspecified atom stereocenters. The fourth-order valence-electron chi connectivity index (χ4n) is 3.66. The van der Waals surface area contributed by atoms with Crippen molar-refractivity contribution < 1.29 is 13.9 Å². The first-order chi connectivity index (χ1) is 12.7. The molecular weight excluding hydrogens is 330 g/mol. The number of rotatable bonds is 4. The van der Waals surface area contributed by atoms with E-state index in [4.69, 9.17) is 9.15 Å². The molecule has 0 bridgehead atoms. The van der Waals surface area contributed by atoms with Gasteiger partial charge in [0.2, 0.25) is 0 Å². The predicted molar refractivity (Wildman–Crippen MR) is 98.6 cm³/mol. The van der Waals surface area contributed by atoms with Gasteiger partial charge in [-0.05, 0) is 31.7 Å². The van der Waals surface area contributed by atoms with Crippen LogP contribution in [0.4, 0.5) is 0 Å². The molecule has 6 heteroatoms. The van der Waals surface area contributed by atoms with Crippen molar-refractivity contribution in [3.63, 3.8) is 0 Å². The molecule has 138 valence electrons. The van der Waals surface area contributed by atoms with E-state index in [1.807, 2.05) is 35.2 Å². The number of hydrogen-bond acceptors (Lipinski definition) is 5. The van der Waals surface area contributed by atoms with Crippen LogP contribution in [0.25, 0.3) is 0 Å². The lowest BCUT2D eigenvalue weighted by Crippen LogP contribution is -2.49. The first-order valence-corrected chi connectivity index (χ1v) is 9.23. The van der Waals surface area contributed by atoms with E-state index in [1.165, 1.54) is 0 Å². The van der Waals surface area contributed by atoms with Crippen molar-refractivity contribution in [3.8, 4) is 11.7 Å². The molecule has 0 spiro atoms. The lowest BCUT2D eigenvalue weighted by molar-refractivity contribution is 0.0721. The molecule has 0 radical (unpaired) electrons. The summed E-state index contributed by atoms with van der Waals surface area (Å²) in [6, 6.07) is 13.3. The second-order valence-electron chi connectivity index (χ2n) is 7.07. The van der Waals surface area contributed by atoms with Crippen LogP contribution >= 0.6 is 0 Å². The van der Waals surface area contributed by atoms with Gasteiger partial charge < -0.3 is 19.0 Å². The molecule has 1 aromatic carbocycles. The number of carbonyl (C=O) groups excluding carboxylic acids is 1. The molecule has 2 aromatic rings. The van der Waals surface area contributed by atoms with Crippen molar-refractivity contribution in [2.75, 3.05) is 46.3 Å². The maximum Gasteiger partial charge on any atom is 0.290 e. The molecule has 2 saturated heterocycles. The fraction of sp³-hybridized carbons (Fsp3) is 0.450. The number of furan rings is 1. The monoisotopic (exact) mass is 355 g/mol. The molecule has 4 rings (SSSR count). The van der Waals surface area contributed by atoms with Crippen molar-refractivity contribution >= 4 is 5.91 Å². The van der Waals surface area contributed by atoms with Gasteiger partial charge >= 0.3 is 0 Å². The Morgan fingerprint density at radius 1 is 1.04 bits per heavy atom. The van der Waals surface area contributed by atoms with Crippen LogP contribution in [0.3, 0.4) is 0 Å². The zero-order chi connectivity index (χ0) is 17.9. The highest BCUT2D eigenvalue weighted by Crippen LogP contribution is 2.25. The van der Waals surface area contributed by atoms with Gasteiger partial charge in [-0.25, -0.2) is 0 Å². The molecule has 0 aliphatic carbocycles. The lowest BCUT2D eigenvalue weighted by Gasteiger charge is -2.36. The first kappa shape index (κ1) is 17.1. The van der Waals surface area contributed by atoms with E-state index >= 15 is 0 Å². The second-order valence-corrected chi connectivity index (χ2v) is 7.07. The van der Waals surface area contributed by atoms with Gasteiger partial charge in [-0.2, -0.15) is 0 Å². The van der Waals surface area contributed by atoms with E-state index in [2.05, 4.69) is 16.8 Å². The number of hydrogen-bond donors (Lipinski definition) is 0. The maximum atomic E-state index is 12.7. The minimum Gasteiger partial charge on any atom is -0.426 e. The van der Waals surface area contributed by atoms with Crippen molar-refractivity contribution in [1.29, 1.82) is 0 Å². The minimum absolute atomic E-state index is 0.0514. The van der Waals surface area contributed by atoms with Gasteiger partial charge in [-0.15, -0.1) is 0 Å².